The summed E-state index contributed by atoms with van der Waals surface area (Å²) in [6, 6.07) is 18.3. The van der Waals surface area contributed by atoms with Crippen LogP contribution >= 0.6 is 0 Å². The molecule has 0 aliphatic carbocycles. The third-order valence-corrected chi connectivity index (χ3v) is 4.63. The SMILES string of the molecule is CC(Cc1[nH][nH]c(=O)c1C=C1C=Nc2ccccc21)c1ccccc1. The molecular weight excluding hydrogens is 310 g/mol. The van der Waals surface area contributed by atoms with Gasteiger partial charge < -0.3 is 5.10 Å². The average molecular weight is 329 g/mol. The Morgan fingerprint density at radius 2 is 1.80 bits per heavy atom. The highest BCUT2D eigenvalue weighted by molar-refractivity contribution is 6.21. The van der Waals surface area contributed by atoms with Gasteiger partial charge in [0.05, 0.1) is 11.3 Å². The zero-order chi connectivity index (χ0) is 17.2. The lowest BCUT2D eigenvalue weighted by atomic mass is 9.94. The number of fused-ring (bicyclic) bond motifs is 1. The molecule has 0 fully saturated rings. The molecule has 2 N–H and O–H groups in total. The molecule has 0 spiro atoms. The van der Waals surface area contributed by atoms with Crippen LogP contribution in [0, 0.1) is 0 Å². The first kappa shape index (κ1) is 15.4. The molecule has 0 saturated heterocycles. The second-order valence-electron chi connectivity index (χ2n) is 6.36. The number of aromatic amines is 2. The van der Waals surface area contributed by atoms with Crippen molar-refractivity contribution in [3.63, 3.8) is 0 Å². The third kappa shape index (κ3) is 2.98. The lowest BCUT2D eigenvalue weighted by Crippen LogP contribution is -2.05. The summed E-state index contributed by atoms with van der Waals surface area (Å²) in [4.78, 5) is 16.7. The number of aromatic nitrogens is 2. The van der Waals surface area contributed by atoms with E-state index in [1.807, 2.05) is 54.8 Å². The monoisotopic (exact) mass is 329 g/mol. The van der Waals surface area contributed by atoms with Crippen LogP contribution in [0.2, 0.25) is 0 Å². The molecule has 4 nitrogen and oxygen atoms in total. The van der Waals surface area contributed by atoms with E-state index in [1.54, 1.807) is 0 Å². The third-order valence-electron chi connectivity index (χ3n) is 4.63. The summed E-state index contributed by atoms with van der Waals surface area (Å²) < 4.78 is 0. The standard InChI is InChI=1S/C21H19N3O/c1-14(15-7-3-2-4-8-15)11-20-18(21(25)24-23-20)12-16-13-22-19-10-6-5-9-17(16)19/h2-10,12-14H,11H2,1H3,(H2,23,24,25). The molecule has 1 unspecified atom stereocenters. The zero-order valence-corrected chi connectivity index (χ0v) is 14.0. The van der Waals surface area contributed by atoms with Crippen molar-refractivity contribution in [1.29, 1.82) is 0 Å². The number of nitrogens with one attached hydrogen (secondary N) is 2. The van der Waals surface area contributed by atoms with Crippen molar-refractivity contribution in [3.05, 3.63) is 87.3 Å². The molecule has 0 radical (unpaired) electrons. The van der Waals surface area contributed by atoms with Gasteiger partial charge in [-0.15, -0.1) is 0 Å². The van der Waals surface area contributed by atoms with Gasteiger partial charge in [-0.05, 0) is 30.0 Å². The Morgan fingerprint density at radius 1 is 1.04 bits per heavy atom. The van der Waals surface area contributed by atoms with E-state index in [-0.39, 0.29) is 5.56 Å². The van der Waals surface area contributed by atoms with E-state index in [9.17, 15) is 4.79 Å². The maximum absolute atomic E-state index is 12.3. The number of para-hydroxylation sites is 1. The van der Waals surface area contributed by atoms with E-state index in [0.29, 0.717) is 11.5 Å². The van der Waals surface area contributed by atoms with Crippen molar-refractivity contribution in [2.45, 2.75) is 19.3 Å². The van der Waals surface area contributed by atoms with Crippen molar-refractivity contribution < 1.29 is 0 Å². The first-order valence-corrected chi connectivity index (χ1v) is 8.42. The number of allylic oxidation sites excluding steroid dienone is 1. The maximum atomic E-state index is 12.3. The molecule has 4 rings (SSSR count). The molecule has 0 saturated carbocycles. The van der Waals surface area contributed by atoms with E-state index in [4.69, 9.17) is 0 Å². The minimum Gasteiger partial charge on any atom is -0.302 e. The smallest absolute Gasteiger partial charge is 0.271 e. The lowest BCUT2D eigenvalue weighted by molar-refractivity contribution is 0.736. The molecule has 4 heteroatoms. The Hall–Kier alpha value is -3.14. The van der Waals surface area contributed by atoms with Crippen LogP contribution in [0.25, 0.3) is 11.6 Å². The van der Waals surface area contributed by atoms with Crippen molar-refractivity contribution in [2.24, 2.45) is 4.99 Å². The summed E-state index contributed by atoms with van der Waals surface area (Å²) in [7, 11) is 0. The summed E-state index contributed by atoms with van der Waals surface area (Å²) >= 11 is 0. The fraction of sp³-hybridized carbons (Fsp3) is 0.143. The van der Waals surface area contributed by atoms with Gasteiger partial charge in [0.2, 0.25) is 0 Å². The molecule has 1 atom stereocenters. The minimum absolute atomic E-state index is 0.0967. The Kier molecular flexibility index (Phi) is 3.94. The summed E-state index contributed by atoms with van der Waals surface area (Å²) in [5.74, 6) is 0.314. The summed E-state index contributed by atoms with van der Waals surface area (Å²) in [5, 5.41) is 5.77. The van der Waals surface area contributed by atoms with Crippen LogP contribution in [-0.2, 0) is 6.42 Å². The molecule has 2 aromatic carbocycles. The average Bonchev–Trinajstić information content (AvgIpc) is 3.21. The normalized spacial score (nSPS) is 15.5. The number of rotatable bonds is 4. The number of hydrogen-bond donors (Lipinski definition) is 2. The van der Waals surface area contributed by atoms with Crippen LogP contribution < -0.4 is 5.56 Å². The molecule has 25 heavy (non-hydrogen) atoms. The maximum Gasteiger partial charge on any atom is 0.271 e. The number of hydrogen-bond acceptors (Lipinski definition) is 2. The van der Waals surface area contributed by atoms with Crippen LogP contribution in [0.15, 0.2) is 64.4 Å². The molecule has 0 bridgehead atoms. The summed E-state index contributed by atoms with van der Waals surface area (Å²) in [6.07, 6.45) is 4.51. The molecule has 1 aromatic heterocycles. The fourth-order valence-electron chi connectivity index (χ4n) is 3.23. The molecule has 0 amide bonds. The van der Waals surface area contributed by atoms with Crippen molar-refractivity contribution in [2.75, 3.05) is 0 Å². The summed E-state index contributed by atoms with van der Waals surface area (Å²) in [5.41, 5.74) is 5.74. The van der Waals surface area contributed by atoms with Crippen molar-refractivity contribution in [3.8, 4) is 0 Å². The van der Waals surface area contributed by atoms with Crippen LogP contribution in [0.3, 0.4) is 0 Å². The van der Waals surface area contributed by atoms with Crippen molar-refractivity contribution in [1.82, 2.24) is 10.2 Å². The van der Waals surface area contributed by atoms with Crippen molar-refractivity contribution >= 4 is 23.6 Å². The van der Waals surface area contributed by atoms with Gasteiger partial charge in [-0.2, -0.15) is 0 Å². The number of aliphatic imine (C=N–C) groups is 1. The first-order valence-electron chi connectivity index (χ1n) is 8.42. The predicted molar refractivity (Wildman–Crippen MR) is 102 cm³/mol. The largest absolute Gasteiger partial charge is 0.302 e. The van der Waals surface area contributed by atoms with Crippen LogP contribution in [0.4, 0.5) is 5.69 Å². The van der Waals surface area contributed by atoms with Gasteiger partial charge in [-0.3, -0.25) is 14.9 Å². The second-order valence-corrected chi connectivity index (χ2v) is 6.36. The fourth-order valence-corrected chi connectivity index (χ4v) is 3.23. The van der Waals surface area contributed by atoms with Gasteiger partial charge >= 0.3 is 0 Å². The molecular formula is C21H19N3O. The topological polar surface area (TPSA) is 61.0 Å². The number of nitrogens with zero attached hydrogens (tertiary/aromatic N) is 1. The second kappa shape index (κ2) is 6.40. The highest BCUT2D eigenvalue weighted by Crippen LogP contribution is 2.32. The Morgan fingerprint density at radius 3 is 2.64 bits per heavy atom. The molecule has 124 valence electrons. The Labute approximate surface area is 145 Å². The van der Waals surface area contributed by atoms with E-state index in [2.05, 4.69) is 34.2 Å². The zero-order valence-electron chi connectivity index (χ0n) is 14.0. The first-order chi connectivity index (χ1) is 12.2. The highest BCUT2D eigenvalue weighted by atomic mass is 16.1. The van der Waals surface area contributed by atoms with Gasteiger partial charge in [0, 0.05) is 23.0 Å². The molecule has 3 aromatic rings. The van der Waals surface area contributed by atoms with E-state index >= 15 is 0 Å². The predicted octanol–water partition coefficient (Wildman–Crippen LogP) is 4.31. The number of benzene rings is 2. The van der Waals surface area contributed by atoms with Crippen LogP contribution in [0.1, 0.15) is 35.2 Å². The molecule has 1 aliphatic rings. The van der Waals surface area contributed by atoms with E-state index in [0.717, 1.165) is 28.9 Å². The van der Waals surface area contributed by atoms with Gasteiger partial charge in [0.25, 0.3) is 5.56 Å². The lowest BCUT2D eigenvalue weighted by Gasteiger charge is -2.11. The van der Waals surface area contributed by atoms with Gasteiger partial charge in [-0.1, -0.05) is 55.5 Å². The molecule has 2 heterocycles. The number of H-pyrrole nitrogens is 2. The van der Waals surface area contributed by atoms with Gasteiger partial charge in [0.1, 0.15) is 0 Å². The Bertz CT molecular complexity index is 1010. The molecule has 1 aliphatic heterocycles. The van der Waals surface area contributed by atoms with E-state index in [1.165, 1.54) is 5.56 Å². The Balaban J connectivity index is 1.67. The van der Waals surface area contributed by atoms with E-state index < -0.39 is 0 Å². The van der Waals surface area contributed by atoms with Crippen LogP contribution in [0.5, 0.6) is 0 Å². The highest BCUT2D eigenvalue weighted by Gasteiger charge is 2.16. The van der Waals surface area contributed by atoms with Crippen LogP contribution in [-0.4, -0.2) is 16.4 Å². The minimum atomic E-state index is -0.0967. The summed E-state index contributed by atoms with van der Waals surface area (Å²) in [6.45, 7) is 2.17. The van der Waals surface area contributed by atoms with Gasteiger partial charge in [0.15, 0.2) is 0 Å². The van der Waals surface area contributed by atoms with Gasteiger partial charge in [-0.25, -0.2) is 0 Å². The quantitative estimate of drug-likeness (QED) is 0.736.